The van der Waals surface area contributed by atoms with Gasteiger partial charge in [-0.15, -0.1) is 0 Å². The molecular weight excluding hydrogens is 570 g/mol. The second-order valence-electron chi connectivity index (χ2n) is 11.1. The van der Waals surface area contributed by atoms with E-state index in [0.717, 1.165) is 16.1 Å². The van der Waals surface area contributed by atoms with E-state index < -0.39 is 34.1 Å². The molecule has 10 nitrogen and oxygen atoms in total. The highest BCUT2D eigenvalue weighted by Gasteiger charge is 2.35. The molecule has 0 aromatic heterocycles. The average Bonchev–Trinajstić information content (AvgIpc) is 2.96. The van der Waals surface area contributed by atoms with Crippen LogP contribution in [0.2, 0.25) is 0 Å². The van der Waals surface area contributed by atoms with Crippen molar-refractivity contribution in [2.24, 2.45) is 0 Å². The lowest BCUT2D eigenvalue weighted by Crippen LogP contribution is -2.56. The first kappa shape index (κ1) is 33.3. The molecule has 3 aromatic carbocycles. The maximum atomic E-state index is 14.3. The van der Waals surface area contributed by atoms with E-state index in [1.165, 1.54) is 25.2 Å². The van der Waals surface area contributed by atoms with Gasteiger partial charge in [0.15, 0.2) is 0 Å². The van der Waals surface area contributed by atoms with Crippen LogP contribution in [0.1, 0.15) is 31.9 Å². The number of benzene rings is 3. The first-order valence-electron chi connectivity index (χ1n) is 13.7. The van der Waals surface area contributed by atoms with Gasteiger partial charge >= 0.3 is 0 Å². The normalized spacial score (nSPS) is 12.2. The minimum Gasteiger partial charge on any atom is -0.497 e. The van der Waals surface area contributed by atoms with Crippen molar-refractivity contribution in [2.75, 3.05) is 38.4 Å². The van der Waals surface area contributed by atoms with Crippen molar-refractivity contribution in [1.29, 1.82) is 0 Å². The Bertz CT molecular complexity index is 1500. The van der Waals surface area contributed by atoms with Crippen LogP contribution in [-0.4, -0.2) is 70.8 Å². The standard InChI is InChI=1S/C32H41N3O7S/c1-32(2,3)33-31(37)28(19-23-12-9-8-10-13-23)34(21-24-14-11-15-25(18-24)40-4)30(36)22-35(43(7,38)39)27-20-26(41-5)16-17-29(27)42-6/h8-18,20,28H,19,21-22H2,1-7H3,(H,33,37)/t28-/m1/s1. The molecule has 3 aromatic rings. The quantitative estimate of drug-likeness (QED) is 0.310. The molecule has 43 heavy (non-hydrogen) atoms. The lowest BCUT2D eigenvalue weighted by Gasteiger charge is -2.35. The fourth-order valence-corrected chi connectivity index (χ4v) is 5.41. The zero-order valence-electron chi connectivity index (χ0n) is 25.8. The summed E-state index contributed by atoms with van der Waals surface area (Å²) in [5, 5.41) is 3.01. The van der Waals surface area contributed by atoms with Crippen molar-refractivity contribution >= 4 is 27.5 Å². The van der Waals surface area contributed by atoms with Gasteiger partial charge < -0.3 is 24.4 Å². The van der Waals surface area contributed by atoms with E-state index in [1.54, 1.807) is 37.4 Å². The Balaban J connectivity index is 2.14. The van der Waals surface area contributed by atoms with Crippen molar-refractivity contribution in [1.82, 2.24) is 10.2 Å². The molecule has 0 aliphatic heterocycles. The molecule has 2 amide bonds. The third-order valence-electron chi connectivity index (χ3n) is 6.59. The monoisotopic (exact) mass is 611 g/mol. The van der Waals surface area contributed by atoms with E-state index in [0.29, 0.717) is 17.1 Å². The average molecular weight is 612 g/mol. The van der Waals surface area contributed by atoms with E-state index in [-0.39, 0.29) is 30.3 Å². The molecular formula is C32H41N3O7S. The van der Waals surface area contributed by atoms with Crippen molar-refractivity contribution in [3.63, 3.8) is 0 Å². The molecule has 0 unspecified atom stereocenters. The summed E-state index contributed by atoms with van der Waals surface area (Å²) in [6, 6.07) is 20.3. The lowest BCUT2D eigenvalue weighted by molar-refractivity contribution is -0.140. The molecule has 0 radical (unpaired) electrons. The van der Waals surface area contributed by atoms with E-state index in [4.69, 9.17) is 14.2 Å². The predicted molar refractivity (Wildman–Crippen MR) is 167 cm³/mol. The molecule has 0 saturated carbocycles. The van der Waals surface area contributed by atoms with E-state index in [9.17, 15) is 18.0 Å². The van der Waals surface area contributed by atoms with E-state index in [1.807, 2.05) is 57.2 Å². The third kappa shape index (κ3) is 9.37. The second kappa shape index (κ2) is 14.3. The molecule has 1 atom stereocenters. The summed E-state index contributed by atoms with van der Waals surface area (Å²) >= 11 is 0. The van der Waals surface area contributed by atoms with Gasteiger partial charge in [-0.25, -0.2) is 8.42 Å². The van der Waals surface area contributed by atoms with Gasteiger partial charge in [0.25, 0.3) is 0 Å². The first-order chi connectivity index (χ1) is 20.2. The minimum absolute atomic E-state index is 0.0257. The van der Waals surface area contributed by atoms with Crippen molar-refractivity contribution < 1.29 is 32.2 Å². The summed E-state index contributed by atoms with van der Waals surface area (Å²) in [5.41, 5.74) is 1.11. The van der Waals surface area contributed by atoms with Crippen LogP contribution in [0, 0.1) is 0 Å². The Morgan fingerprint density at radius 3 is 2.05 bits per heavy atom. The van der Waals surface area contributed by atoms with Crippen LogP contribution in [0.15, 0.2) is 72.8 Å². The maximum absolute atomic E-state index is 14.3. The van der Waals surface area contributed by atoms with Gasteiger partial charge in [-0.05, 0) is 56.2 Å². The number of nitrogens with zero attached hydrogens (tertiary/aromatic N) is 2. The topological polar surface area (TPSA) is 114 Å². The maximum Gasteiger partial charge on any atom is 0.244 e. The summed E-state index contributed by atoms with van der Waals surface area (Å²) in [7, 11) is 0.422. The number of carbonyl (C=O) groups excluding carboxylic acids is 2. The molecule has 0 bridgehead atoms. The number of sulfonamides is 1. The van der Waals surface area contributed by atoms with Gasteiger partial charge in [0.05, 0.1) is 33.3 Å². The zero-order chi connectivity index (χ0) is 31.8. The summed E-state index contributed by atoms with van der Waals surface area (Å²) < 4.78 is 43.4. The number of anilines is 1. The summed E-state index contributed by atoms with van der Waals surface area (Å²) in [6.45, 7) is 5.02. The van der Waals surface area contributed by atoms with Gasteiger partial charge in [-0.2, -0.15) is 0 Å². The number of amides is 2. The Morgan fingerprint density at radius 1 is 0.837 bits per heavy atom. The Kier molecular flexibility index (Phi) is 11.0. The van der Waals surface area contributed by atoms with Crippen molar-refractivity contribution in [2.45, 2.75) is 45.3 Å². The molecule has 0 heterocycles. The Labute approximate surface area is 254 Å². The van der Waals surface area contributed by atoms with Crippen LogP contribution >= 0.6 is 0 Å². The van der Waals surface area contributed by atoms with Crippen LogP contribution in [0.5, 0.6) is 17.2 Å². The smallest absolute Gasteiger partial charge is 0.244 e. The minimum atomic E-state index is -3.99. The van der Waals surface area contributed by atoms with Crippen LogP contribution in [0.4, 0.5) is 5.69 Å². The van der Waals surface area contributed by atoms with Gasteiger partial charge in [0.2, 0.25) is 21.8 Å². The number of carbonyl (C=O) groups is 2. The van der Waals surface area contributed by atoms with Crippen LogP contribution < -0.4 is 23.8 Å². The summed E-state index contributed by atoms with van der Waals surface area (Å²) in [4.78, 5) is 29.6. The van der Waals surface area contributed by atoms with Crippen LogP contribution in [0.3, 0.4) is 0 Å². The fraction of sp³-hybridized carbons (Fsp3) is 0.375. The molecule has 11 heteroatoms. The number of ether oxygens (including phenoxy) is 3. The number of hydrogen-bond donors (Lipinski definition) is 1. The second-order valence-corrected chi connectivity index (χ2v) is 13.0. The van der Waals surface area contributed by atoms with Crippen molar-refractivity contribution in [3.8, 4) is 17.2 Å². The summed E-state index contributed by atoms with van der Waals surface area (Å²) in [6.07, 6.45) is 1.22. The number of methoxy groups -OCH3 is 3. The largest absolute Gasteiger partial charge is 0.497 e. The lowest BCUT2D eigenvalue weighted by atomic mass is 10.0. The van der Waals surface area contributed by atoms with Gasteiger partial charge in [0.1, 0.15) is 29.8 Å². The molecule has 232 valence electrons. The number of rotatable bonds is 13. The van der Waals surface area contributed by atoms with E-state index >= 15 is 0 Å². The van der Waals surface area contributed by atoms with Crippen LogP contribution in [0.25, 0.3) is 0 Å². The Hall–Kier alpha value is -4.25. The highest BCUT2D eigenvalue weighted by Crippen LogP contribution is 2.34. The molecule has 0 spiro atoms. The van der Waals surface area contributed by atoms with Crippen LogP contribution in [-0.2, 0) is 32.6 Å². The molecule has 3 rings (SSSR count). The van der Waals surface area contributed by atoms with E-state index in [2.05, 4.69) is 5.32 Å². The van der Waals surface area contributed by atoms with Gasteiger partial charge in [-0.1, -0.05) is 42.5 Å². The fourth-order valence-electron chi connectivity index (χ4n) is 4.56. The number of hydrogen-bond acceptors (Lipinski definition) is 7. The zero-order valence-corrected chi connectivity index (χ0v) is 26.6. The van der Waals surface area contributed by atoms with Gasteiger partial charge in [-0.3, -0.25) is 13.9 Å². The molecule has 0 saturated heterocycles. The highest BCUT2D eigenvalue weighted by atomic mass is 32.2. The molecule has 0 fully saturated rings. The third-order valence-corrected chi connectivity index (χ3v) is 7.72. The Morgan fingerprint density at radius 2 is 1.47 bits per heavy atom. The van der Waals surface area contributed by atoms with Crippen molar-refractivity contribution in [3.05, 3.63) is 83.9 Å². The first-order valence-corrected chi connectivity index (χ1v) is 15.6. The summed E-state index contributed by atoms with van der Waals surface area (Å²) in [5.74, 6) is 0.268. The molecule has 1 N–H and O–H groups in total. The molecule has 0 aliphatic carbocycles. The predicted octanol–water partition coefficient (Wildman–Crippen LogP) is 4.03. The molecule has 0 aliphatic rings. The SMILES string of the molecule is COc1cccc(CN(C(=O)CN(c2cc(OC)ccc2OC)S(C)(=O)=O)[C@H](Cc2ccccc2)C(=O)NC(C)(C)C)c1. The van der Waals surface area contributed by atoms with Gasteiger partial charge in [0, 0.05) is 24.6 Å². The number of nitrogens with one attached hydrogen (secondary N) is 1. The highest BCUT2D eigenvalue weighted by molar-refractivity contribution is 7.92.